The number of pyridine rings is 1. The second kappa shape index (κ2) is 6.54. The molecule has 0 saturated carbocycles. The summed E-state index contributed by atoms with van der Waals surface area (Å²) >= 11 is 0. The molecule has 2 aromatic heterocycles. The van der Waals surface area contributed by atoms with Crippen molar-refractivity contribution in [3.05, 3.63) is 78.3 Å². The van der Waals surface area contributed by atoms with E-state index in [1.807, 2.05) is 35.4 Å². The van der Waals surface area contributed by atoms with Crippen molar-refractivity contribution in [1.29, 1.82) is 0 Å². The van der Waals surface area contributed by atoms with E-state index in [0.29, 0.717) is 6.42 Å². The van der Waals surface area contributed by atoms with Gasteiger partial charge in [-0.3, -0.25) is 9.78 Å². The van der Waals surface area contributed by atoms with Crippen LogP contribution in [0.15, 0.2) is 71.6 Å². The Labute approximate surface area is 157 Å². The molecule has 1 aliphatic rings. The average Bonchev–Trinajstić information content (AvgIpc) is 3.36. The molecule has 134 valence electrons. The Hall–Kier alpha value is -3.14. The number of carbonyl (C=O) groups excluding carboxylic acids is 1. The zero-order valence-corrected chi connectivity index (χ0v) is 15.0. The van der Waals surface area contributed by atoms with E-state index >= 15 is 0 Å². The highest BCUT2D eigenvalue weighted by Crippen LogP contribution is 2.34. The number of fused-ring (bicyclic) bond motifs is 3. The molecule has 1 fully saturated rings. The van der Waals surface area contributed by atoms with Crippen LogP contribution in [-0.2, 0) is 11.2 Å². The lowest BCUT2D eigenvalue weighted by Gasteiger charge is -2.24. The summed E-state index contributed by atoms with van der Waals surface area (Å²) in [4.78, 5) is 19.4. The number of likely N-dealkylation sites (tertiary alicyclic amines) is 1. The van der Waals surface area contributed by atoms with Gasteiger partial charge in [-0.25, -0.2) is 0 Å². The molecule has 3 heterocycles. The number of amides is 1. The number of hydrogen-bond donors (Lipinski definition) is 0. The van der Waals surface area contributed by atoms with Gasteiger partial charge in [-0.15, -0.1) is 0 Å². The molecular formula is C23H20N2O2. The Balaban J connectivity index is 1.48. The van der Waals surface area contributed by atoms with Crippen LogP contribution in [0.4, 0.5) is 0 Å². The van der Waals surface area contributed by atoms with Crippen LogP contribution in [0.1, 0.15) is 30.0 Å². The van der Waals surface area contributed by atoms with Crippen molar-refractivity contribution in [3.63, 3.8) is 0 Å². The molecule has 0 spiro atoms. The SMILES string of the molecule is O=C(Cc1coc2ccc3ccccc3c12)N1CCCC1c1cccnc1. The number of furan rings is 1. The fourth-order valence-corrected chi connectivity index (χ4v) is 4.25. The summed E-state index contributed by atoms with van der Waals surface area (Å²) in [5.74, 6) is 0.150. The van der Waals surface area contributed by atoms with E-state index in [4.69, 9.17) is 4.42 Å². The summed E-state index contributed by atoms with van der Waals surface area (Å²) < 4.78 is 5.75. The Morgan fingerprint density at radius 1 is 1.15 bits per heavy atom. The minimum absolute atomic E-state index is 0.126. The van der Waals surface area contributed by atoms with Gasteiger partial charge in [0, 0.05) is 29.9 Å². The van der Waals surface area contributed by atoms with Gasteiger partial charge in [-0.2, -0.15) is 0 Å². The highest BCUT2D eigenvalue weighted by atomic mass is 16.3. The van der Waals surface area contributed by atoms with Crippen LogP contribution in [0.5, 0.6) is 0 Å². The van der Waals surface area contributed by atoms with Gasteiger partial charge >= 0.3 is 0 Å². The van der Waals surface area contributed by atoms with Gasteiger partial charge < -0.3 is 9.32 Å². The van der Waals surface area contributed by atoms with Gasteiger partial charge in [0.2, 0.25) is 5.91 Å². The van der Waals surface area contributed by atoms with E-state index in [-0.39, 0.29) is 11.9 Å². The smallest absolute Gasteiger partial charge is 0.227 e. The van der Waals surface area contributed by atoms with Crippen molar-refractivity contribution in [2.75, 3.05) is 6.54 Å². The third-order valence-electron chi connectivity index (χ3n) is 5.52. The fourth-order valence-electron chi connectivity index (χ4n) is 4.25. The molecule has 1 unspecified atom stereocenters. The van der Waals surface area contributed by atoms with E-state index in [0.717, 1.165) is 52.3 Å². The number of hydrogen-bond acceptors (Lipinski definition) is 3. The maximum Gasteiger partial charge on any atom is 0.227 e. The summed E-state index contributed by atoms with van der Waals surface area (Å²) in [6, 6.07) is 16.4. The van der Waals surface area contributed by atoms with Gasteiger partial charge in [-0.05, 0) is 41.3 Å². The van der Waals surface area contributed by atoms with Gasteiger partial charge in [0.05, 0.1) is 18.7 Å². The van der Waals surface area contributed by atoms with Crippen molar-refractivity contribution in [1.82, 2.24) is 9.88 Å². The molecule has 4 nitrogen and oxygen atoms in total. The summed E-state index contributed by atoms with van der Waals surface area (Å²) in [5.41, 5.74) is 2.91. The minimum Gasteiger partial charge on any atom is -0.464 e. The monoisotopic (exact) mass is 356 g/mol. The molecule has 0 bridgehead atoms. The first kappa shape index (κ1) is 16.1. The minimum atomic E-state index is 0.126. The van der Waals surface area contributed by atoms with Crippen LogP contribution < -0.4 is 0 Å². The fraction of sp³-hybridized carbons (Fsp3) is 0.217. The van der Waals surface area contributed by atoms with Crippen LogP contribution in [-0.4, -0.2) is 22.3 Å². The molecule has 4 heteroatoms. The molecule has 1 atom stereocenters. The topological polar surface area (TPSA) is 46.3 Å². The van der Waals surface area contributed by atoms with Crippen LogP contribution >= 0.6 is 0 Å². The molecule has 1 saturated heterocycles. The summed E-state index contributed by atoms with van der Waals surface area (Å²) in [7, 11) is 0. The Bertz CT molecular complexity index is 1120. The molecule has 0 N–H and O–H groups in total. The number of rotatable bonds is 3. The van der Waals surface area contributed by atoms with Gasteiger partial charge in [-0.1, -0.05) is 36.4 Å². The predicted molar refractivity (Wildman–Crippen MR) is 105 cm³/mol. The lowest BCUT2D eigenvalue weighted by atomic mass is 10.0. The molecule has 1 amide bonds. The zero-order chi connectivity index (χ0) is 18.2. The molecular weight excluding hydrogens is 336 g/mol. The van der Waals surface area contributed by atoms with Gasteiger partial charge in [0.1, 0.15) is 5.58 Å². The van der Waals surface area contributed by atoms with Gasteiger partial charge in [0.25, 0.3) is 0 Å². The highest BCUT2D eigenvalue weighted by molar-refractivity contribution is 6.08. The normalized spacial score (nSPS) is 17.0. The second-order valence-corrected chi connectivity index (χ2v) is 7.13. The van der Waals surface area contributed by atoms with E-state index in [1.165, 1.54) is 0 Å². The van der Waals surface area contributed by atoms with E-state index in [1.54, 1.807) is 12.5 Å². The Morgan fingerprint density at radius 3 is 2.96 bits per heavy atom. The van der Waals surface area contributed by atoms with Crippen LogP contribution in [0, 0.1) is 0 Å². The Kier molecular flexibility index (Phi) is 3.89. The lowest BCUT2D eigenvalue weighted by Crippen LogP contribution is -2.31. The second-order valence-electron chi connectivity index (χ2n) is 7.13. The molecule has 0 radical (unpaired) electrons. The van der Waals surface area contributed by atoms with Crippen LogP contribution in [0.3, 0.4) is 0 Å². The summed E-state index contributed by atoms with van der Waals surface area (Å²) in [5, 5.41) is 3.35. The largest absolute Gasteiger partial charge is 0.464 e. The number of benzene rings is 2. The van der Waals surface area contributed by atoms with Crippen molar-refractivity contribution in [2.45, 2.75) is 25.3 Å². The summed E-state index contributed by atoms with van der Waals surface area (Å²) in [6.45, 7) is 0.801. The molecule has 4 aromatic rings. The Morgan fingerprint density at radius 2 is 2.07 bits per heavy atom. The van der Waals surface area contributed by atoms with Crippen LogP contribution in [0.2, 0.25) is 0 Å². The van der Waals surface area contributed by atoms with Crippen molar-refractivity contribution in [2.24, 2.45) is 0 Å². The maximum absolute atomic E-state index is 13.1. The first-order valence-electron chi connectivity index (χ1n) is 9.38. The summed E-state index contributed by atoms with van der Waals surface area (Å²) in [6.07, 6.45) is 7.76. The van der Waals surface area contributed by atoms with E-state index in [9.17, 15) is 4.79 Å². The molecule has 5 rings (SSSR count). The predicted octanol–water partition coefficient (Wildman–Crippen LogP) is 4.89. The quantitative estimate of drug-likeness (QED) is 0.525. The molecule has 0 aliphatic carbocycles. The number of carbonyl (C=O) groups is 1. The first-order chi connectivity index (χ1) is 13.3. The van der Waals surface area contributed by atoms with Crippen molar-refractivity contribution < 1.29 is 9.21 Å². The zero-order valence-electron chi connectivity index (χ0n) is 15.0. The third kappa shape index (κ3) is 2.78. The van der Waals surface area contributed by atoms with Crippen molar-refractivity contribution >= 4 is 27.6 Å². The van der Waals surface area contributed by atoms with E-state index < -0.39 is 0 Å². The van der Waals surface area contributed by atoms with Crippen molar-refractivity contribution in [3.8, 4) is 0 Å². The maximum atomic E-state index is 13.1. The highest BCUT2D eigenvalue weighted by Gasteiger charge is 2.30. The third-order valence-corrected chi connectivity index (χ3v) is 5.52. The number of aromatic nitrogens is 1. The first-order valence-corrected chi connectivity index (χ1v) is 9.38. The molecule has 27 heavy (non-hydrogen) atoms. The molecule has 2 aromatic carbocycles. The van der Waals surface area contributed by atoms with Crippen LogP contribution in [0.25, 0.3) is 21.7 Å². The van der Waals surface area contributed by atoms with Gasteiger partial charge in [0.15, 0.2) is 0 Å². The van der Waals surface area contributed by atoms with E-state index in [2.05, 4.69) is 29.2 Å². The average molecular weight is 356 g/mol. The number of nitrogens with zero attached hydrogens (tertiary/aromatic N) is 2. The molecule has 1 aliphatic heterocycles. The lowest BCUT2D eigenvalue weighted by molar-refractivity contribution is -0.131. The standard InChI is InChI=1S/C23H20N2O2/c26-22(25-12-4-8-20(25)17-6-3-11-24-14-17)13-18-15-27-21-10-9-16-5-1-2-7-19(16)23(18)21/h1-3,5-7,9-11,14-15,20H,4,8,12-13H2.